The van der Waals surface area contributed by atoms with Crippen LogP contribution in [0, 0.1) is 0 Å². The van der Waals surface area contributed by atoms with E-state index in [0.29, 0.717) is 11.5 Å². The molecule has 4 rings (SSSR count). The molecule has 148 valence electrons. The second-order valence-corrected chi connectivity index (χ2v) is 6.78. The third-order valence-corrected chi connectivity index (χ3v) is 5.34. The first kappa shape index (κ1) is 19.0. The Morgan fingerprint density at radius 2 is 0.966 bits per heavy atom. The van der Waals surface area contributed by atoms with Gasteiger partial charge in [-0.05, 0) is 24.3 Å². The molecule has 0 N–H and O–H groups in total. The standard InChI is InChI=1S/C22H20N2O4S/c1-25-13-5-7-15(19(11-13)27-3)17-9-10-18(22-21(17)23-29-24-22)16-8-6-14(26-2)12-20(16)28-4/h5-12H,1-4H3. The maximum Gasteiger partial charge on any atom is 0.130 e. The molecule has 0 unspecified atom stereocenters. The molecular formula is C22H20N2O4S. The van der Waals surface area contributed by atoms with Gasteiger partial charge in [-0.3, -0.25) is 0 Å². The first-order valence-electron chi connectivity index (χ1n) is 8.90. The van der Waals surface area contributed by atoms with E-state index in [1.165, 1.54) is 11.7 Å². The fourth-order valence-corrected chi connectivity index (χ4v) is 3.92. The van der Waals surface area contributed by atoms with E-state index in [4.69, 9.17) is 18.9 Å². The number of hydrogen-bond donors (Lipinski definition) is 0. The zero-order chi connectivity index (χ0) is 20.4. The van der Waals surface area contributed by atoms with Crippen molar-refractivity contribution < 1.29 is 18.9 Å². The van der Waals surface area contributed by atoms with Gasteiger partial charge in [-0.1, -0.05) is 12.1 Å². The van der Waals surface area contributed by atoms with Crippen LogP contribution >= 0.6 is 11.7 Å². The van der Waals surface area contributed by atoms with Gasteiger partial charge < -0.3 is 18.9 Å². The Kier molecular flexibility index (Phi) is 5.22. The van der Waals surface area contributed by atoms with Gasteiger partial charge in [0, 0.05) is 34.4 Å². The van der Waals surface area contributed by atoms with Gasteiger partial charge in [0.2, 0.25) is 0 Å². The number of nitrogens with zero attached hydrogens (tertiary/aromatic N) is 2. The van der Waals surface area contributed by atoms with Crippen LogP contribution in [0.15, 0.2) is 48.5 Å². The van der Waals surface area contributed by atoms with Gasteiger partial charge in [-0.25, -0.2) is 0 Å². The number of ether oxygens (including phenoxy) is 4. The molecular weight excluding hydrogens is 388 g/mol. The summed E-state index contributed by atoms with van der Waals surface area (Å²) in [5.41, 5.74) is 5.38. The third-order valence-electron chi connectivity index (χ3n) is 4.81. The van der Waals surface area contributed by atoms with Gasteiger partial charge in [-0.2, -0.15) is 8.75 Å². The van der Waals surface area contributed by atoms with Crippen molar-refractivity contribution in [3.63, 3.8) is 0 Å². The second kappa shape index (κ2) is 7.97. The summed E-state index contributed by atoms with van der Waals surface area (Å²) in [7, 11) is 6.55. The first-order chi connectivity index (χ1) is 14.2. The molecule has 0 saturated heterocycles. The van der Waals surface area contributed by atoms with Crippen molar-refractivity contribution >= 4 is 22.8 Å². The molecule has 7 heteroatoms. The van der Waals surface area contributed by atoms with E-state index >= 15 is 0 Å². The minimum atomic E-state index is 0.716. The molecule has 0 radical (unpaired) electrons. The summed E-state index contributed by atoms with van der Waals surface area (Å²) in [4.78, 5) is 0. The molecule has 0 atom stereocenters. The smallest absolute Gasteiger partial charge is 0.130 e. The summed E-state index contributed by atoms with van der Waals surface area (Å²) in [6.45, 7) is 0. The van der Waals surface area contributed by atoms with E-state index in [1.807, 2.05) is 48.5 Å². The highest BCUT2D eigenvalue weighted by atomic mass is 32.1. The fourth-order valence-electron chi connectivity index (χ4n) is 3.34. The van der Waals surface area contributed by atoms with Crippen LogP contribution in [0.25, 0.3) is 33.3 Å². The predicted octanol–water partition coefficient (Wildman–Crippen LogP) is 5.06. The van der Waals surface area contributed by atoms with Crippen molar-refractivity contribution in [1.29, 1.82) is 0 Å². The number of benzene rings is 3. The van der Waals surface area contributed by atoms with E-state index in [2.05, 4.69) is 8.75 Å². The van der Waals surface area contributed by atoms with E-state index in [-0.39, 0.29) is 0 Å². The Labute approximate surface area is 173 Å². The van der Waals surface area contributed by atoms with Crippen molar-refractivity contribution in [2.24, 2.45) is 0 Å². The Morgan fingerprint density at radius 3 is 1.34 bits per heavy atom. The normalized spacial score (nSPS) is 10.8. The van der Waals surface area contributed by atoms with E-state index in [1.54, 1.807) is 28.4 Å². The first-order valence-corrected chi connectivity index (χ1v) is 9.63. The van der Waals surface area contributed by atoms with Gasteiger partial charge >= 0.3 is 0 Å². The van der Waals surface area contributed by atoms with Crippen LogP contribution < -0.4 is 18.9 Å². The van der Waals surface area contributed by atoms with E-state index in [0.717, 1.165) is 44.8 Å². The quantitative estimate of drug-likeness (QED) is 0.444. The molecule has 0 aliphatic carbocycles. The van der Waals surface area contributed by atoms with Crippen molar-refractivity contribution in [2.75, 3.05) is 28.4 Å². The van der Waals surface area contributed by atoms with E-state index in [9.17, 15) is 0 Å². The number of hydrogen-bond acceptors (Lipinski definition) is 7. The fraction of sp³-hybridized carbons (Fsp3) is 0.182. The van der Waals surface area contributed by atoms with Crippen molar-refractivity contribution in [2.45, 2.75) is 0 Å². The molecule has 6 nitrogen and oxygen atoms in total. The summed E-state index contributed by atoms with van der Waals surface area (Å²) >= 11 is 1.18. The largest absolute Gasteiger partial charge is 0.497 e. The van der Waals surface area contributed by atoms with Gasteiger partial charge in [-0.15, -0.1) is 0 Å². The molecule has 0 amide bonds. The molecule has 3 aromatic carbocycles. The van der Waals surface area contributed by atoms with Crippen LogP contribution in [-0.2, 0) is 0 Å². The zero-order valence-corrected chi connectivity index (χ0v) is 17.4. The molecule has 0 aliphatic heterocycles. The third kappa shape index (κ3) is 3.34. The van der Waals surface area contributed by atoms with Crippen LogP contribution in [0.3, 0.4) is 0 Å². The molecule has 0 spiro atoms. The molecule has 0 bridgehead atoms. The van der Waals surface area contributed by atoms with Gasteiger partial charge in [0.05, 0.1) is 40.2 Å². The maximum absolute atomic E-state index is 5.59. The lowest BCUT2D eigenvalue weighted by molar-refractivity contribution is 0.395. The highest BCUT2D eigenvalue weighted by molar-refractivity contribution is 7.00. The highest BCUT2D eigenvalue weighted by Gasteiger charge is 2.18. The zero-order valence-electron chi connectivity index (χ0n) is 16.6. The Hall–Kier alpha value is -3.32. The molecule has 1 heterocycles. The Balaban J connectivity index is 1.90. The number of methoxy groups -OCH3 is 4. The van der Waals surface area contributed by atoms with Crippen LogP contribution in [0.2, 0.25) is 0 Å². The topological polar surface area (TPSA) is 62.7 Å². The van der Waals surface area contributed by atoms with Crippen molar-refractivity contribution in [3.8, 4) is 45.3 Å². The lowest BCUT2D eigenvalue weighted by atomic mass is 9.96. The lowest BCUT2D eigenvalue weighted by Crippen LogP contribution is -1.93. The van der Waals surface area contributed by atoms with Crippen molar-refractivity contribution in [3.05, 3.63) is 48.5 Å². The summed E-state index contributed by atoms with van der Waals surface area (Å²) < 4.78 is 30.9. The molecule has 0 fully saturated rings. The highest BCUT2D eigenvalue weighted by Crippen LogP contribution is 2.42. The number of rotatable bonds is 6. The molecule has 0 aliphatic rings. The lowest BCUT2D eigenvalue weighted by Gasteiger charge is -2.14. The second-order valence-electron chi connectivity index (χ2n) is 6.25. The maximum atomic E-state index is 5.59. The molecule has 0 saturated carbocycles. The minimum absolute atomic E-state index is 0.716. The minimum Gasteiger partial charge on any atom is -0.497 e. The summed E-state index contributed by atoms with van der Waals surface area (Å²) in [6.07, 6.45) is 0. The average Bonchev–Trinajstić information content (AvgIpc) is 3.27. The average molecular weight is 408 g/mol. The summed E-state index contributed by atoms with van der Waals surface area (Å²) in [6, 6.07) is 15.6. The Morgan fingerprint density at radius 1 is 0.552 bits per heavy atom. The van der Waals surface area contributed by atoms with Crippen LogP contribution in [0.4, 0.5) is 0 Å². The van der Waals surface area contributed by atoms with E-state index < -0.39 is 0 Å². The Bertz CT molecular complexity index is 1080. The van der Waals surface area contributed by atoms with Gasteiger partial charge in [0.1, 0.15) is 34.0 Å². The number of fused-ring (bicyclic) bond motifs is 1. The van der Waals surface area contributed by atoms with Gasteiger partial charge in [0.25, 0.3) is 0 Å². The predicted molar refractivity (Wildman–Crippen MR) is 114 cm³/mol. The molecule has 29 heavy (non-hydrogen) atoms. The van der Waals surface area contributed by atoms with Crippen LogP contribution in [0.1, 0.15) is 0 Å². The summed E-state index contributed by atoms with van der Waals surface area (Å²) in [5.74, 6) is 2.90. The van der Waals surface area contributed by atoms with Gasteiger partial charge in [0.15, 0.2) is 0 Å². The number of aromatic nitrogens is 2. The van der Waals surface area contributed by atoms with Crippen LogP contribution in [-0.4, -0.2) is 37.2 Å². The monoisotopic (exact) mass is 408 g/mol. The molecule has 4 aromatic rings. The van der Waals surface area contributed by atoms with Crippen LogP contribution in [0.5, 0.6) is 23.0 Å². The van der Waals surface area contributed by atoms with Crippen molar-refractivity contribution in [1.82, 2.24) is 8.75 Å². The SMILES string of the molecule is COc1ccc(-c2ccc(-c3ccc(OC)cc3OC)c3nsnc23)c(OC)c1. The summed E-state index contributed by atoms with van der Waals surface area (Å²) in [5, 5.41) is 0. The molecule has 1 aromatic heterocycles.